The van der Waals surface area contributed by atoms with E-state index in [4.69, 9.17) is 5.73 Å². The van der Waals surface area contributed by atoms with E-state index >= 15 is 0 Å². The van der Waals surface area contributed by atoms with Crippen molar-refractivity contribution < 1.29 is 0 Å². The van der Waals surface area contributed by atoms with Crippen LogP contribution in [0.25, 0.3) is 0 Å². The highest BCUT2D eigenvalue weighted by molar-refractivity contribution is 9.11. The Hall–Kier alpha value is -0.810. The van der Waals surface area contributed by atoms with Crippen LogP contribution in [0, 0.1) is 6.92 Å². The molecule has 74 valence electrons. The number of nitrogens with two attached hydrogens (primary N) is 1. The van der Waals surface area contributed by atoms with E-state index in [0.717, 1.165) is 21.7 Å². The molecule has 0 aliphatic rings. The number of hydrogen-bond acceptors (Lipinski definition) is 3. The minimum Gasteiger partial charge on any atom is -0.396 e. The van der Waals surface area contributed by atoms with Gasteiger partial charge in [-0.25, -0.2) is 0 Å². The standard InChI is InChI=1S/C9H10BrN3S/c1-6-8(11)5-13(12-6)4-7-2-3-9(10)14-7/h2-3,5H,4,11H2,1H3. The summed E-state index contributed by atoms with van der Waals surface area (Å²) in [6.07, 6.45) is 1.86. The third-order valence-corrected chi connectivity index (χ3v) is 3.54. The number of nitrogens with zero attached hydrogens (tertiary/aromatic N) is 2. The number of aryl methyl sites for hydroxylation is 1. The van der Waals surface area contributed by atoms with Gasteiger partial charge in [0.05, 0.1) is 21.7 Å². The van der Waals surface area contributed by atoms with Gasteiger partial charge >= 0.3 is 0 Å². The van der Waals surface area contributed by atoms with Crippen LogP contribution in [0.3, 0.4) is 0 Å². The van der Waals surface area contributed by atoms with E-state index in [-0.39, 0.29) is 0 Å². The fourth-order valence-electron chi connectivity index (χ4n) is 1.21. The van der Waals surface area contributed by atoms with Gasteiger partial charge in [0, 0.05) is 11.1 Å². The van der Waals surface area contributed by atoms with Crippen LogP contribution in [0.2, 0.25) is 0 Å². The highest BCUT2D eigenvalue weighted by atomic mass is 79.9. The number of nitrogen functional groups attached to an aromatic ring is 1. The van der Waals surface area contributed by atoms with E-state index in [1.165, 1.54) is 4.88 Å². The minimum absolute atomic E-state index is 0.751. The second-order valence-electron chi connectivity index (χ2n) is 3.07. The van der Waals surface area contributed by atoms with Gasteiger partial charge in [-0.05, 0) is 35.0 Å². The lowest BCUT2D eigenvalue weighted by atomic mass is 10.4. The summed E-state index contributed by atoms with van der Waals surface area (Å²) in [5, 5.41) is 4.30. The van der Waals surface area contributed by atoms with Gasteiger partial charge in [0.1, 0.15) is 0 Å². The molecule has 5 heteroatoms. The largest absolute Gasteiger partial charge is 0.396 e. The van der Waals surface area contributed by atoms with Crippen LogP contribution in [0.1, 0.15) is 10.6 Å². The van der Waals surface area contributed by atoms with E-state index in [9.17, 15) is 0 Å². The van der Waals surface area contributed by atoms with Crippen molar-refractivity contribution in [1.29, 1.82) is 0 Å². The smallest absolute Gasteiger partial charge is 0.0823 e. The van der Waals surface area contributed by atoms with Crippen molar-refractivity contribution in [3.05, 3.63) is 32.7 Å². The number of rotatable bonds is 2. The number of aromatic nitrogens is 2. The van der Waals surface area contributed by atoms with Crippen LogP contribution in [-0.2, 0) is 6.54 Å². The number of hydrogen-bond donors (Lipinski definition) is 1. The molecule has 0 saturated carbocycles. The van der Waals surface area contributed by atoms with E-state index in [2.05, 4.69) is 27.1 Å². The molecule has 0 fully saturated rings. The molecule has 0 saturated heterocycles. The Balaban J connectivity index is 2.18. The van der Waals surface area contributed by atoms with Crippen LogP contribution in [0.5, 0.6) is 0 Å². The SMILES string of the molecule is Cc1nn(Cc2ccc(Br)s2)cc1N. The Morgan fingerprint density at radius 2 is 2.36 bits per heavy atom. The van der Waals surface area contributed by atoms with Gasteiger partial charge in [0.25, 0.3) is 0 Å². The predicted molar refractivity (Wildman–Crippen MR) is 62.5 cm³/mol. The molecule has 0 unspecified atom stereocenters. The maximum atomic E-state index is 5.71. The van der Waals surface area contributed by atoms with Gasteiger partial charge in [-0.3, -0.25) is 4.68 Å². The molecular weight excluding hydrogens is 262 g/mol. The molecule has 0 atom stereocenters. The third kappa shape index (κ3) is 1.99. The summed E-state index contributed by atoms with van der Waals surface area (Å²) < 4.78 is 3.01. The lowest BCUT2D eigenvalue weighted by Crippen LogP contribution is -1.98. The molecule has 0 radical (unpaired) electrons. The Labute approximate surface area is 94.7 Å². The zero-order valence-corrected chi connectivity index (χ0v) is 10.1. The summed E-state index contributed by atoms with van der Waals surface area (Å²) in [4.78, 5) is 1.26. The fourth-order valence-corrected chi connectivity index (χ4v) is 2.69. The zero-order chi connectivity index (χ0) is 10.1. The summed E-state index contributed by atoms with van der Waals surface area (Å²) >= 11 is 5.14. The molecule has 0 aromatic carbocycles. The Bertz CT molecular complexity index is 427. The topological polar surface area (TPSA) is 43.8 Å². The number of halogens is 1. The molecule has 0 aliphatic heterocycles. The maximum absolute atomic E-state index is 5.71. The van der Waals surface area contributed by atoms with Crippen molar-refractivity contribution >= 4 is 33.0 Å². The molecule has 0 spiro atoms. The molecule has 2 aromatic heterocycles. The molecule has 2 rings (SSSR count). The highest BCUT2D eigenvalue weighted by Crippen LogP contribution is 2.23. The predicted octanol–water partition coefficient (Wildman–Crippen LogP) is 2.65. The summed E-state index contributed by atoms with van der Waals surface area (Å²) in [5.41, 5.74) is 7.35. The van der Waals surface area contributed by atoms with Crippen LogP contribution in [0.4, 0.5) is 5.69 Å². The van der Waals surface area contributed by atoms with Crippen LogP contribution in [-0.4, -0.2) is 9.78 Å². The average molecular weight is 272 g/mol. The van der Waals surface area contributed by atoms with Gasteiger partial charge in [-0.1, -0.05) is 0 Å². The Morgan fingerprint density at radius 3 is 2.86 bits per heavy atom. The normalized spacial score (nSPS) is 10.7. The van der Waals surface area contributed by atoms with E-state index < -0.39 is 0 Å². The lowest BCUT2D eigenvalue weighted by Gasteiger charge is -1.96. The summed E-state index contributed by atoms with van der Waals surface area (Å²) in [7, 11) is 0. The van der Waals surface area contributed by atoms with E-state index in [1.807, 2.05) is 23.9 Å². The van der Waals surface area contributed by atoms with E-state index in [0.29, 0.717) is 0 Å². The van der Waals surface area contributed by atoms with Gasteiger partial charge in [-0.15, -0.1) is 11.3 Å². The first-order valence-electron chi connectivity index (χ1n) is 4.19. The molecule has 2 aromatic rings. The fraction of sp³-hybridized carbons (Fsp3) is 0.222. The monoisotopic (exact) mass is 271 g/mol. The average Bonchev–Trinajstić information content (AvgIpc) is 2.62. The quantitative estimate of drug-likeness (QED) is 0.913. The molecule has 14 heavy (non-hydrogen) atoms. The molecule has 0 amide bonds. The molecular formula is C9H10BrN3S. The van der Waals surface area contributed by atoms with Gasteiger partial charge in [-0.2, -0.15) is 5.10 Å². The van der Waals surface area contributed by atoms with Crippen molar-refractivity contribution in [2.45, 2.75) is 13.5 Å². The van der Waals surface area contributed by atoms with Crippen molar-refractivity contribution in [3.8, 4) is 0 Å². The Morgan fingerprint density at radius 1 is 1.57 bits per heavy atom. The van der Waals surface area contributed by atoms with Crippen LogP contribution in [0.15, 0.2) is 22.1 Å². The third-order valence-electron chi connectivity index (χ3n) is 1.93. The maximum Gasteiger partial charge on any atom is 0.0823 e. The first kappa shape index (κ1) is 9.73. The number of anilines is 1. The molecule has 0 aliphatic carbocycles. The summed E-state index contributed by atoms with van der Waals surface area (Å²) in [6, 6.07) is 4.13. The first-order valence-corrected chi connectivity index (χ1v) is 5.80. The van der Waals surface area contributed by atoms with Crippen molar-refractivity contribution in [2.75, 3.05) is 5.73 Å². The van der Waals surface area contributed by atoms with Gasteiger partial charge in [0.15, 0.2) is 0 Å². The summed E-state index contributed by atoms with van der Waals surface area (Å²) in [6.45, 7) is 2.70. The van der Waals surface area contributed by atoms with Crippen LogP contribution >= 0.6 is 27.3 Å². The molecule has 2 heterocycles. The van der Waals surface area contributed by atoms with Crippen molar-refractivity contribution in [3.63, 3.8) is 0 Å². The minimum atomic E-state index is 0.751. The van der Waals surface area contributed by atoms with Gasteiger partial charge < -0.3 is 5.73 Å². The second-order valence-corrected chi connectivity index (χ2v) is 5.62. The Kier molecular flexibility index (Phi) is 2.60. The van der Waals surface area contributed by atoms with Crippen molar-refractivity contribution in [1.82, 2.24) is 9.78 Å². The molecule has 0 bridgehead atoms. The highest BCUT2D eigenvalue weighted by Gasteiger charge is 2.03. The number of thiophene rings is 1. The summed E-state index contributed by atoms with van der Waals surface area (Å²) in [5.74, 6) is 0. The van der Waals surface area contributed by atoms with Crippen molar-refractivity contribution in [2.24, 2.45) is 0 Å². The lowest BCUT2D eigenvalue weighted by molar-refractivity contribution is 0.687. The molecule has 2 N–H and O–H groups in total. The first-order chi connectivity index (χ1) is 6.65. The molecule has 3 nitrogen and oxygen atoms in total. The second kappa shape index (κ2) is 3.74. The zero-order valence-electron chi connectivity index (χ0n) is 7.70. The van der Waals surface area contributed by atoms with Gasteiger partial charge in [0.2, 0.25) is 0 Å². The van der Waals surface area contributed by atoms with Crippen LogP contribution < -0.4 is 5.73 Å². The van der Waals surface area contributed by atoms with E-state index in [1.54, 1.807) is 11.3 Å².